The zero-order valence-corrected chi connectivity index (χ0v) is 18.0. The fourth-order valence-corrected chi connectivity index (χ4v) is 4.76. The van der Waals surface area contributed by atoms with Crippen LogP contribution in [0.2, 0.25) is 0 Å². The minimum absolute atomic E-state index is 0.0326. The van der Waals surface area contributed by atoms with Crippen LogP contribution in [0.1, 0.15) is 71.1 Å². The van der Waals surface area contributed by atoms with Gasteiger partial charge in [0.2, 0.25) is 0 Å². The lowest BCUT2D eigenvalue weighted by atomic mass is 9.78. The Bertz CT molecular complexity index is 854. The quantitative estimate of drug-likeness (QED) is 0.720. The zero-order valence-electron chi connectivity index (χ0n) is 17.2. The van der Waals surface area contributed by atoms with Crippen molar-refractivity contribution in [1.29, 1.82) is 10.0 Å². The molecule has 0 amide bonds. The molecule has 1 aromatic carbocycles. The van der Waals surface area contributed by atoms with Gasteiger partial charge < -0.3 is 5.11 Å². The Morgan fingerprint density at radius 3 is 1.96 bits per heavy atom. The van der Waals surface area contributed by atoms with Crippen molar-refractivity contribution in [2.24, 2.45) is 0 Å². The highest BCUT2D eigenvalue weighted by Crippen LogP contribution is 2.40. The van der Waals surface area contributed by atoms with E-state index >= 15 is 0 Å². The third-order valence-electron chi connectivity index (χ3n) is 4.88. The Hall–Kier alpha value is -1.84. The van der Waals surface area contributed by atoms with Crippen molar-refractivity contribution in [3.8, 4) is 11.8 Å². The Balaban J connectivity index is 2.66. The SMILES string of the molecule is CC(C)(C)c1cc(/C=C(\C#N)S(=N)(=O)N2CCCC2)cc(C(C)(C)C)c1O. The van der Waals surface area contributed by atoms with Crippen LogP contribution in [0.25, 0.3) is 6.08 Å². The summed E-state index contributed by atoms with van der Waals surface area (Å²) in [7, 11) is -3.28. The van der Waals surface area contributed by atoms with E-state index in [9.17, 15) is 14.6 Å². The first-order valence-corrected chi connectivity index (χ1v) is 10.8. The molecule has 0 spiro atoms. The summed E-state index contributed by atoms with van der Waals surface area (Å²) in [5.41, 5.74) is 1.65. The van der Waals surface area contributed by atoms with Gasteiger partial charge in [-0.25, -0.2) is 13.3 Å². The average Bonchev–Trinajstić information content (AvgIpc) is 3.06. The van der Waals surface area contributed by atoms with Crippen LogP contribution in [-0.4, -0.2) is 26.7 Å². The second-order valence-electron chi connectivity index (χ2n) is 9.25. The summed E-state index contributed by atoms with van der Waals surface area (Å²) in [4.78, 5) is -0.0326. The maximum absolute atomic E-state index is 13.0. The van der Waals surface area contributed by atoms with E-state index in [2.05, 4.69) is 0 Å². The van der Waals surface area contributed by atoms with Crippen LogP contribution in [0.3, 0.4) is 0 Å². The molecule has 0 aliphatic carbocycles. The first kappa shape index (κ1) is 21.5. The van der Waals surface area contributed by atoms with E-state index in [-0.39, 0.29) is 21.5 Å². The maximum Gasteiger partial charge on any atom is 0.147 e. The number of phenols is 1. The van der Waals surface area contributed by atoms with Gasteiger partial charge in [-0.05, 0) is 47.4 Å². The maximum atomic E-state index is 13.0. The molecule has 0 radical (unpaired) electrons. The van der Waals surface area contributed by atoms with E-state index in [0.29, 0.717) is 18.7 Å². The molecule has 27 heavy (non-hydrogen) atoms. The molecule has 2 rings (SSSR count). The lowest BCUT2D eigenvalue weighted by molar-refractivity contribution is 0.423. The van der Waals surface area contributed by atoms with Crippen LogP contribution < -0.4 is 0 Å². The van der Waals surface area contributed by atoms with Crippen LogP contribution >= 0.6 is 0 Å². The summed E-state index contributed by atoms with van der Waals surface area (Å²) in [6.07, 6.45) is 3.35. The molecule has 1 aromatic rings. The van der Waals surface area contributed by atoms with Crippen LogP contribution in [0, 0.1) is 16.1 Å². The van der Waals surface area contributed by atoms with Crippen molar-refractivity contribution >= 4 is 16.0 Å². The first-order chi connectivity index (χ1) is 12.3. The Kier molecular flexibility index (Phi) is 5.79. The number of benzene rings is 1. The van der Waals surface area contributed by atoms with Crippen LogP contribution in [0.5, 0.6) is 5.75 Å². The second kappa shape index (κ2) is 7.29. The van der Waals surface area contributed by atoms with Crippen molar-refractivity contribution in [3.05, 3.63) is 33.7 Å². The summed E-state index contributed by atoms with van der Waals surface area (Å²) in [5, 5.41) is 20.4. The normalized spacial score (nSPS) is 18.9. The number of rotatable bonds is 3. The van der Waals surface area contributed by atoms with E-state index in [1.54, 1.807) is 10.4 Å². The van der Waals surface area contributed by atoms with E-state index < -0.39 is 9.92 Å². The first-order valence-electron chi connectivity index (χ1n) is 9.32. The van der Waals surface area contributed by atoms with E-state index in [1.165, 1.54) is 0 Å². The lowest BCUT2D eigenvalue weighted by Gasteiger charge is -2.28. The van der Waals surface area contributed by atoms with E-state index in [4.69, 9.17) is 4.78 Å². The van der Waals surface area contributed by atoms with Crippen molar-refractivity contribution in [2.45, 2.75) is 65.2 Å². The monoisotopic (exact) mass is 389 g/mol. The van der Waals surface area contributed by atoms with Gasteiger partial charge in [0.25, 0.3) is 0 Å². The summed E-state index contributed by atoms with van der Waals surface area (Å²) in [6.45, 7) is 13.3. The highest BCUT2D eigenvalue weighted by atomic mass is 32.2. The van der Waals surface area contributed by atoms with Gasteiger partial charge in [-0.2, -0.15) is 5.26 Å². The van der Waals surface area contributed by atoms with Gasteiger partial charge in [0.1, 0.15) is 26.6 Å². The summed E-state index contributed by atoms with van der Waals surface area (Å²) in [6, 6.07) is 5.66. The molecule has 1 heterocycles. The molecule has 1 aliphatic heterocycles. The number of nitriles is 1. The molecule has 0 bridgehead atoms. The van der Waals surface area contributed by atoms with Crippen molar-refractivity contribution in [2.75, 3.05) is 13.1 Å². The van der Waals surface area contributed by atoms with E-state index in [0.717, 1.165) is 24.0 Å². The minimum atomic E-state index is -3.28. The van der Waals surface area contributed by atoms with Gasteiger partial charge in [0.05, 0.1) is 0 Å². The van der Waals surface area contributed by atoms with Gasteiger partial charge in [0.15, 0.2) is 0 Å². The number of nitrogens with one attached hydrogen (secondary N) is 1. The predicted molar refractivity (Wildman–Crippen MR) is 111 cm³/mol. The minimum Gasteiger partial charge on any atom is -0.507 e. The molecule has 148 valence electrons. The summed E-state index contributed by atoms with van der Waals surface area (Å²) in [5.74, 6) is 0.261. The average molecular weight is 390 g/mol. The lowest BCUT2D eigenvalue weighted by Crippen LogP contribution is -2.27. The van der Waals surface area contributed by atoms with Crippen molar-refractivity contribution in [1.82, 2.24) is 4.31 Å². The molecule has 2 N–H and O–H groups in total. The standard InChI is InChI=1S/C21H31N3O2S/c1-20(2,3)17-12-15(13-18(19(17)25)21(4,5)6)11-16(14-22)27(23,26)24-9-7-8-10-24/h11-13,23,25H,7-10H2,1-6H3/b16-11+. The summed E-state index contributed by atoms with van der Waals surface area (Å²) >= 11 is 0. The molecular weight excluding hydrogens is 358 g/mol. The number of hydrogen-bond donors (Lipinski definition) is 2. The molecule has 0 aromatic heterocycles. The molecule has 6 heteroatoms. The largest absolute Gasteiger partial charge is 0.507 e. The highest BCUT2D eigenvalue weighted by Gasteiger charge is 2.28. The Morgan fingerprint density at radius 2 is 1.59 bits per heavy atom. The Morgan fingerprint density at radius 1 is 1.15 bits per heavy atom. The number of phenolic OH excluding ortho intramolecular Hbond substituents is 1. The molecule has 0 saturated carbocycles. The smallest absolute Gasteiger partial charge is 0.147 e. The van der Waals surface area contributed by atoms with Gasteiger partial charge in [-0.15, -0.1) is 0 Å². The number of aromatic hydroxyl groups is 1. The van der Waals surface area contributed by atoms with Crippen LogP contribution in [0.15, 0.2) is 17.0 Å². The molecule has 1 aliphatic rings. The van der Waals surface area contributed by atoms with Crippen molar-refractivity contribution in [3.63, 3.8) is 0 Å². The van der Waals surface area contributed by atoms with Gasteiger partial charge in [0, 0.05) is 24.2 Å². The van der Waals surface area contributed by atoms with Gasteiger partial charge in [-0.3, -0.25) is 0 Å². The molecule has 1 unspecified atom stereocenters. The predicted octanol–water partition coefficient (Wildman–Crippen LogP) is 4.91. The van der Waals surface area contributed by atoms with Gasteiger partial charge in [-0.1, -0.05) is 41.5 Å². The number of allylic oxidation sites excluding steroid dienone is 1. The zero-order chi connectivity index (χ0) is 20.6. The highest BCUT2D eigenvalue weighted by molar-refractivity contribution is 7.94. The van der Waals surface area contributed by atoms with Crippen LogP contribution in [-0.2, 0) is 20.7 Å². The molecule has 1 saturated heterocycles. The number of nitrogens with zero attached hydrogens (tertiary/aromatic N) is 2. The fraction of sp³-hybridized carbons (Fsp3) is 0.571. The van der Waals surface area contributed by atoms with Gasteiger partial charge >= 0.3 is 0 Å². The third-order valence-corrected chi connectivity index (χ3v) is 6.78. The Labute approximate surface area is 163 Å². The molecule has 1 atom stereocenters. The third kappa shape index (κ3) is 4.53. The number of hydrogen-bond acceptors (Lipinski definition) is 4. The fourth-order valence-electron chi connectivity index (χ4n) is 3.29. The molecular formula is C21H31N3O2S. The van der Waals surface area contributed by atoms with Crippen LogP contribution in [0.4, 0.5) is 0 Å². The van der Waals surface area contributed by atoms with E-state index in [1.807, 2.05) is 59.7 Å². The van der Waals surface area contributed by atoms with Crippen molar-refractivity contribution < 1.29 is 9.32 Å². The second-order valence-corrected chi connectivity index (χ2v) is 11.3. The topological polar surface area (TPSA) is 88.2 Å². The summed E-state index contributed by atoms with van der Waals surface area (Å²) < 4.78 is 22.9. The molecule has 5 nitrogen and oxygen atoms in total. The molecule has 1 fully saturated rings.